The van der Waals surface area contributed by atoms with Gasteiger partial charge in [-0.25, -0.2) is 0 Å². The summed E-state index contributed by atoms with van der Waals surface area (Å²) in [4.78, 5) is 0. The maximum atomic E-state index is 5.72. The van der Waals surface area contributed by atoms with E-state index in [1.54, 1.807) is 0 Å². The SMILES string of the molecule is CCOc1ccc(CCl)c(C)c1. The molecule has 0 N–H and O–H groups in total. The summed E-state index contributed by atoms with van der Waals surface area (Å²) in [6.07, 6.45) is 0. The standard InChI is InChI=1S/C10H13ClO/c1-3-12-10-5-4-9(7-11)8(2)6-10/h4-6H,3,7H2,1-2H3. The van der Waals surface area contributed by atoms with Crippen LogP contribution in [0.15, 0.2) is 18.2 Å². The molecule has 0 bridgehead atoms. The van der Waals surface area contributed by atoms with Gasteiger partial charge >= 0.3 is 0 Å². The maximum absolute atomic E-state index is 5.72. The summed E-state index contributed by atoms with van der Waals surface area (Å²) in [7, 11) is 0. The number of aryl methyl sites for hydroxylation is 1. The highest BCUT2D eigenvalue weighted by atomic mass is 35.5. The van der Waals surface area contributed by atoms with E-state index in [1.165, 1.54) is 11.1 Å². The molecule has 0 aromatic heterocycles. The molecule has 12 heavy (non-hydrogen) atoms. The fraction of sp³-hybridized carbons (Fsp3) is 0.400. The van der Waals surface area contributed by atoms with Crippen molar-refractivity contribution in [2.75, 3.05) is 6.61 Å². The molecule has 1 rings (SSSR count). The van der Waals surface area contributed by atoms with E-state index in [-0.39, 0.29) is 0 Å². The van der Waals surface area contributed by atoms with Crippen molar-refractivity contribution in [2.45, 2.75) is 19.7 Å². The van der Waals surface area contributed by atoms with Crippen LogP contribution in [0.3, 0.4) is 0 Å². The molecule has 1 nitrogen and oxygen atoms in total. The van der Waals surface area contributed by atoms with Crippen molar-refractivity contribution in [2.24, 2.45) is 0 Å². The summed E-state index contributed by atoms with van der Waals surface area (Å²) in [5, 5.41) is 0. The van der Waals surface area contributed by atoms with Crippen molar-refractivity contribution >= 4 is 11.6 Å². The first-order valence-electron chi connectivity index (χ1n) is 4.06. The quantitative estimate of drug-likeness (QED) is 0.656. The lowest BCUT2D eigenvalue weighted by Gasteiger charge is -2.06. The lowest BCUT2D eigenvalue weighted by molar-refractivity contribution is 0.340. The van der Waals surface area contributed by atoms with Gasteiger partial charge in [-0.05, 0) is 37.1 Å². The first-order chi connectivity index (χ1) is 5.77. The van der Waals surface area contributed by atoms with Crippen LogP contribution < -0.4 is 4.74 Å². The molecule has 0 unspecified atom stereocenters. The average molecular weight is 185 g/mol. The normalized spacial score (nSPS) is 9.92. The number of rotatable bonds is 3. The third kappa shape index (κ3) is 2.15. The predicted molar refractivity (Wildman–Crippen MR) is 51.9 cm³/mol. The fourth-order valence-corrected chi connectivity index (χ4v) is 1.37. The van der Waals surface area contributed by atoms with Gasteiger partial charge in [-0.2, -0.15) is 0 Å². The van der Waals surface area contributed by atoms with Crippen LogP contribution in [0.4, 0.5) is 0 Å². The Hall–Kier alpha value is -0.690. The van der Waals surface area contributed by atoms with Crippen LogP contribution >= 0.6 is 11.6 Å². The van der Waals surface area contributed by atoms with E-state index in [4.69, 9.17) is 16.3 Å². The molecule has 0 saturated heterocycles. The number of halogens is 1. The molecule has 0 aliphatic heterocycles. The third-order valence-electron chi connectivity index (χ3n) is 1.77. The molecule has 1 aromatic carbocycles. The van der Waals surface area contributed by atoms with Gasteiger partial charge in [0.25, 0.3) is 0 Å². The molecule has 0 saturated carbocycles. The Kier molecular flexibility index (Phi) is 3.42. The zero-order valence-electron chi connectivity index (χ0n) is 7.43. The van der Waals surface area contributed by atoms with Crippen molar-refractivity contribution in [1.82, 2.24) is 0 Å². The number of hydrogen-bond acceptors (Lipinski definition) is 1. The van der Waals surface area contributed by atoms with E-state index in [2.05, 4.69) is 0 Å². The van der Waals surface area contributed by atoms with Crippen molar-refractivity contribution in [3.05, 3.63) is 29.3 Å². The zero-order chi connectivity index (χ0) is 8.97. The van der Waals surface area contributed by atoms with Crippen molar-refractivity contribution in [3.8, 4) is 5.75 Å². The van der Waals surface area contributed by atoms with E-state index < -0.39 is 0 Å². The largest absolute Gasteiger partial charge is 0.494 e. The molecule has 1 aromatic rings. The average Bonchev–Trinajstić information content (AvgIpc) is 2.05. The second-order valence-corrected chi connectivity index (χ2v) is 2.92. The van der Waals surface area contributed by atoms with Crippen molar-refractivity contribution in [1.29, 1.82) is 0 Å². The minimum absolute atomic E-state index is 0.568. The van der Waals surface area contributed by atoms with E-state index in [9.17, 15) is 0 Å². The topological polar surface area (TPSA) is 9.23 Å². The summed E-state index contributed by atoms with van der Waals surface area (Å²) < 4.78 is 5.34. The molecule has 0 aliphatic carbocycles. The number of alkyl halides is 1. The molecule has 0 fully saturated rings. The fourth-order valence-electron chi connectivity index (χ4n) is 1.07. The lowest BCUT2D eigenvalue weighted by Crippen LogP contribution is -1.93. The molecule has 0 amide bonds. The number of benzene rings is 1. The summed E-state index contributed by atoms with van der Waals surface area (Å²) in [6.45, 7) is 4.73. The van der Waals surface area contributed by atoms with Crippen LogP contribution in [0.1, 0.15) is 18.1 Å². The van der Waals surface area contributed by atoms with Gasteiger partial charge in [0.2, 0.25) is 0 Å². The van der Waals surface area contributed by atoms with Gasteiger partial charge < -0.3 is 4.74 Å². The van der Waals surface area contributed by atoms with Crippen molar-refractivity contribution < 1.29 is 4.74 Å². The smallest absolute Gasteiger partial charge is 0.119 e. The van der Waals surface area contributed by atoms with Gasteiger partial charge in [-0.15, -0.1) is 11.6 Å². The third-order valence-corrected chi connectivity index (χ3v) is 2.06. The highest BCUT2D eigenvalue weighted by Gasteiger charge is 1.98. The Morgan fingerprint density at radius 1 is 1.42 bits per heavy atom. The summed E-state index contributed by atoms with van der Waals surface area (Å²) >= 11 is 5.72. The first kappa shape index (κ1) is 9.40. The summed E-state index contributed by atoms with van der Waals surface area (Å²) in [5.41, 5.74) is 2.36. The molecule has 66 valence electrons. The molecule has 0 spiro atoms. The second kappa shape index (κ2) is 4.36. The maximum Gasteiger partial charge on any atom is 0.119 e. The number of hydrogen-bond donors (Lipinski definition) is 0. The Morgan fingerprint density at radius 3 is 2.67 bits per heavy atom. The van der Waals surface area contributed by atoms with Gasteiger partial charge in [-0.3, -0.25) is 0 Å². The van der Waals surface area contributed by atoms with Crippen LogP contribution in [0, 0.1) is 6.92 Å². The van der Waals surface area contributed by atoms with E-state index >= 15 is 0 Å². The zero-order valence-corrected chi connectivity index (χ0v) is 8.19. The Morgan fingerprint density at radius 2 is 2.17 bits per heavy atom. The summed E-state index contributed by atoms with van der Waals surface area (Å²) in [5.74, 6) is 1.49. The van der Waals surface area contributed by atoms with E-state index in [0.29, 0.717) is 12.5 Å². The van der Waals surface area contributed by atoms with Crippen LogP contribution in [0.2, 0.25) is 0 Å². The van der Waals surface area contributed by atoms with Crippen molar-refractivity contribution in [3.63, 3.8) is 0 Å². The van der Waals surface area contributed by atoms with Gasteiger partial charge in [0.1, 0.15) is 5.75 Å². The number of ether oxygens (including phenoxy) is 1. The Labute approximate surface area is 78.3 Å². The summed E-state index contributed by atoms with van der Waals surface area (Å²) in [6, 6.07) is 5.97. The Bertz CT molecular complexity index is 258. The monoisotopic (exact) mass is 184 g/mol. The lowest BCUT2D eigenvalue weighted by atomic mass is 10.1. The molecule has 0 atom stereocenters. The van der Waals surface area contributed by atoms with Gasteiger partial charge in [0, 0.05) is 5.88 Å². The van der Waals surface area contributed by atoms with E-state index in [1.807, 2.05) is 32.0 Å². The molecule has 2 heteroatoms. The Balaban J connectivity index is 2.86. The minimum Gasteiger partial charge on any atom is -0.494 e. The molecule has 0 radical (unpaired) electrons. The van der Waals surface area contributed by atoms with Crippen LogP contribution in [0.25, 0.3) is 0 Å². The highest BCUT2D eigenvalue weighted by Crippen LogP contribution is 2.18. The van der Waals surface area contributed by atoms with Gasteiger partial charge in [-0.1, -0.05) is 6.07 Å². The van der Waals surface area contributed by atoms with Gasteiger partial charge in [0.15, 0.2) is 0 Å². The minimum atomic E-state index is 0.568. The predicted octanol–water partition coefficient (Wildman–Crippen LogP) is 3.13. The first-order valence-corrected chi connectivity index (χ1v) is 4.59. The van der Waals surface area contributed by atoms with Crippen LogP contribution in [-0.2, 0) is 5.88 Å². The van der Waals surface area contributed by atoms with Crippen LogP contribution in [-0.4, -0.2) is 6.61 Å². The molecular formula is C10H13ClO. The van der Waals surface area contributed by atoms with Crippen LogP contribution in [0.5, 0.6) is 5.75 Å². The molecular weight excluding hydrogens is 172 g/mol. The van der Waals surface area contributed by atoms with E-state index in [0.717, 1.165) is 5.75 Å². The molecule has 0 heterocycles. The molecule has 0 aliphatic rings. The highest BCUT2D eigenvalue weighted by molar-refractivity contribution is 6.17. The second-order valence-electron chi connectivity index (χ2n) is 2.65. The van der Waals surface area contributed by atoms with Gasteiger partial charge in [0.05, 0.1) is 6.61 Å².